The second-order valence-electron chi connectivity index (χ2n) is 5.69. The monoisotopic (exact) mass is 364 g/mol. The molecule has 0 fully saturated rings. The van der Waals surface area contributed by atoms with Gasteiger partial charge in [-0.1, -0.05) is 0 Å². The van der Waals surface area contributed by atoms with E-state index < -0.39 is 35.9 Å². The summed E-state index contributed by atoms with van der Waals surface area (Å²) in [6.07, 6.45) is -2.89. The van der Waals surface area contributed by atoms with Gasteiger partial charge in [0.2, 0.25) is 0 Å². The van der Waals surface area contributed by atoms with Crippen LogP contribution in [-0.2, 0) is 4.79 Å². The van der Waals surface area contributed by atoms with E-state index in [-0.39, 0.29) is 17.0 Å². The molecule has 1 amide bonds. The number of hydrogen-bond acceptors (Lipinski definition) is 4. The lowest BCUT2D eigenvalue weighted by Crippen LogP contribution is -2.45. The predicted octanol–water partition coefficient (Wildman–Crippen LogP) is 3.40. The Morgan fingerprint density at radius 2 is 1.96 bits per heavy atom. The molecule has 0 heterocycles. The molecule has 26 heavy (non-hydrogen) atoms. The summed E-state index contributed by atoms with van der Waals surface area (Å²) in [7, 11) is 0. The number of carbonyl (C=O) groups excluding carboxylic acids is 1. The van der Waals surface area contributed by atoms with Gasteiger partial charge in [-0.25, -0.2) is 13.2 Å². The Morgan fingerprint density at radius 1 is 1.31 bits per heavy atom. The molecule has 0 aliphatic heterocycles. The number of anilines is 1. The number of hydrogen-bond donors (Lipinski definition) is 2. The summed E-state index contributed by atoms with van der Waals surface area (Å²) in [4.78, 5) is 12.2. The van der Waals surface area contributed by atoms with Crippen LogP contribution in [0, 0.1) is 17.1 Å². The van der Waals surface area contributed by atoms with Gasteiger partial charge < -0.3 is 15.2 Å². The van der Waals surface area contributed by atoms with Crippen molar-refractivity contribution < 1.29 is 27.8 Å². The topological polar surface area (TPSA) is 82.3 Å². The smallest absolute Gasteiger partial charge is 0.265 e. The molecule has 0 bridgehead atoms. The number of amides is 1. The zero-order valence-electron chi connectivity index (χ0n) is 13.7. The third kappa shape index (κ3) is 4.74. The van der Waals surface area contributed by atoms with Crippen LogP contribution in [0.1, 0.15) is 24.5 Å². The number of benzene rings is 2. The van der Waals surface area contributed by atoms with E-state index in [1.807, 2.05) is 0 Å². The lowest BCUT2D eigenvalue weighted by atomic mass is 10.1. The number of rotatable bonds is 6. The Morgan fingerprint density at radius 3 is 2.54 bits per heavy atom. The summed E-state index contributed by atoms with van der Waals surface area (Å²) < 4.78 is 44.0. The average Bonchev–Trinajstić information content (AvgIpc) is 2.61. The number of nitriles is 1. The molecule has 5 nitrogen and oxygen atoms in total. The van der Waals surface area contributed by atoms with Gasteiger partial charge in [0.05, 0.1) is 11.6 Å². The van der Waals surface area contributed by atoms with Gasteiger partial charge in [-0.2, -0.15) is 5.26 Å². The van der Waals surface area contributed by atoms with Gasteiger partial charge in [0, 0.05) is 11.3 Å². The van der Waals surface area contributed by atoms with Crippen LogP contribution in [0.2, 0.25) is 0 Å². The van der Waals surface area contributed by atoms with Crippen LogP contribution in [0.5, 0.6) is 5.75 Å². The van der Waals surface area contributed by atoms with Crippen molar-refractivity contribution in [3.8, 4) is 11.8 Å². The van der Waals surface area contributed by atoms with E-state index in [9.17, 15) is 23.1 Å². The molecule has 8 heteroatoms. The van der Waals surface area contributed by atoms with Crippen LogP contribution >= 0.6 is 0 Å². The molecule has 136 valence electrons. The fourth-order valence-corrected chi connectivity index (χ4v) is 2.01. The molecule has 2 aromatic carbocycles. The van der Waals surface area contributed by atoms with Gasteiger partial charge in [0.15, 0.2) is 5.60 Å². The van der Waals surface area contributed by atoms with Crippen molar-refractivity contribution in [1.29, 1.82) is 5.26 Å². The molecule has 0 aliphatic rings. The van der Waals surface area contributed by atoms with Gasteiger partial charge in [-0.05, 0) is 49.4 Å². The number of aliphatic hydroxyl groups is 1. The number of carbonyl (C=O) groups is 1. The molecular formula is C18H15F3N2O3. The minimum Gasteiger partial charge on any atom is -0.490 e. The maximum absolute atomic E-state index is 12.9. The number of ether oxygens (including phenoxy) is 1. The third-order valence-electron chi connectivity index (χ3n) is 3.49. The van der Waals surface area contributed by atoms with E-state index in [4.69, 9.17) is 10.00 Å². The molecule has 2 rings (SSSR count). The Labute approximate surface area is 147 Å². The molecule has 2 N–H and O–H groups in total. The molecule has 1 atom stereocenters. The van der Waals surface area contributed by atoms with Crippen molar-refractivity contribution in [2.24, 2.45) is 0 Å². The van der Waals surface area contributed by atoms with Crippen molar-refractivity contribution in [3.05, 3.63) is 59.4 Å². The van der Waals surface area contributed by atoms with Crippen LogP contribution in [-0.4, -0.2) is 23.2 Å². The SMILES string of the molecule is CC(O)(COc1ccc(F)cc1)C(=O)Nc1ccc(C#N)c(C(F)F)c1. The van der Waals surface area contributed by atoms with Crippen molar-refractivity contribution in [2.75, 3.05) is 11.9 Å². The van der Waals surface area contributed by atoms with Gasteiger partial charge in [-0.15, -0.1) is 0 Å². The quantitative estimate of drug-likeness (QED) is 0.823. The second-order valence-corrected chi connectivity index (χ2v) is 5.69. The maximum Gasteiger partial charge on any atom is 0.265 e. The highest BCUT2D eigenvalue weighted by atomic mass is 19.3. The van der Waals surface area contributed by atoms with Gasteiger partial charge in [0.25, 0.3) is 12.3 Å². The number of alkyl halides is 2. The Kier molecular flexibility index (Phi) is 5.85. The van der Waals surface area contributed by atoms with E-state index in [2.05, 4.69) is 5.32 Å². The third-order valence-corrected chi connectivity index (χ3v) is 3.49. The first-order valence-corrected chi connectivity index (χ1v) is 7.47. The van der Waals surface area contributed by atoms with E-state index in [1.165, 1.54) is 25.1 Å². The van der Waals surface area contributed by atoms with Crippen LogP contribution < -0.4 is 10.1 Å². The normalized spacial score (nSPS) is 13.0. The summed E-state index contributed by atoms with van der Waals surface area (Å²) >= 11 is 0. The van der Waals surface area contributed by atoms with Crippen molar-refractivity contribution in [3.63, 3.8) is 0 Å². The van der Waals surface area contributed by atoms with Gasteiger partial charge >= 0.3 is 0 Å². The first-order valence-electron chi connectivity index (χ1n) is 7.47. The lowest BCUT2D eigenvalue weighted by molar-refractivity contribution is -0.135. The van der Waals surface area contributed by atoms with Crippen LogP contribution in [0.4, 0.5) is 18.9 Å². The highest BCUT2D eigenvalue weighted by Crippen LogP contribution is 2.26. The molecule has 0 saturated carbocycles. The zero-order valence-corrected chi connectivity index (χ0v) is 13.7. The minimum absolute atomic E-state index is 0.00589. The summed E-state index contributed by atoms with van der Waals surface area (Å²) in [5, 5.41) is 21.3. The Hall–Kier alpha value is -3.05. The molecule has 0 radical (unpaired) electrons. The van der Waals surface area contributed by atoms with Crippen LogP contribution in [0.25, 0.3) is 0 Å². The molecule has 0 aliphatic carbocycles. The van der Waals surface area contributed by atoms with Crippen molar-refractivity contribution in [2.45, 2.75) is 19.0 Å². The number of nitrogens with zero attached hydrogens (tertiary/aromatic N) is 1. The van der Waals surface area contributed by atoms with Gasteiger partial charge in [-0.3, -0.25) is 4.79 Å². The second kappa shape index (κ2) is 7.89. The molecule has 1 unspecified atom stereocenters. The zero-order chi connectivity index (χ0) is 19.3. The van der Waals surface area contributed by atoms with Crippen LogP contribution in [0.3, 0.4) is 0 Å². The van der Waals surface area contributed by atoms with E-state index in [0.717, 1.165) is 24.3 Å². The minimum atomic E-state index is -2.89. The van der Waals surface area contributed by atoms with E-state index in [0.29, 0.717) is 0 Å². The largest absolute Gasteiger partial charge is 0.490 e. The summed E-state index contributed by atoms with van der Waals surface area (Å²) in [6, 6.07) is 10.0. The Balaban J connectivity index is 2.06. The molecule has 0 aromatic heterocycles. The number of nitrogens with one attached hydrogen (secondary N) is 1. The molecule has 0 spiro atoms. The first-order chi connectivity index (χ1) is 12.2. The fourth-order valence-electron chi connectivity index (χ4n) is 2.01. The summed E-state index contributed by atoms with van der Waals surface area (Å²) in [6.45, 7) is 0.742. The first kappa shape index (κ1) is 19.3. The van der Waals surface area contributed by atoms with E-state index >= 15 is 0 Å². The van der Waals surface area contributed by atoms with Crippen molar-refractivity contribution in [1.82, 2.24) is 0 Å². The van der Waals surface area contributed by atoms with Crippen LogP contribution in [0.15, 0.2) is 42.5 Å². The summed E-state index contributed by atoms with van der Waals surface area (Å²) in [5.74, 6) is -1.10. The molecule has 0 saturated heterocycles. The van der Waals surface area contributed by atoms with Gasteiger partial charge in [0.1, 0.15) is 18.2 Å². The van der Waals surface area contributed by atoms with E-state index in [1.54, 1.807) is 6.07 Å². The Bertz CT molecular complexity index is 831. The fraction of sp³-hybridized carbons (Fsp3) is 0.222. The highest BCUT2D eigenvalue weighted by Gasteiger charge is 2.31. The highest BCUT2D eigenvalue weighted by molar-refractivity contribution is 5.97. The lowest BCUT2D eigenvalue weighted by Gasteiger charge is -2.22. The maximum atomic E-state index is 12.9. The predicted molar refractivity (Wildman–Crippen MR) is 87.3 cm³/mol. The summed E-state index contributed by atoms with van der Waals surface area (Å²) in [5.41, 5.74) is -2.70. The number of halogens is 3. The average molecular weight is 364 g/mol. The molecular weight excluding hydrogens is 349 g/mol. The van der Waals surface area contributed by atoms with Crippen molar-refractivity contribution >= 4 is 11.6 Å². The molecule has 2 aromatic rings. The standard InChI is InChI=1S/C18H15F3N2O3/c1-18(25,10-26-14-6-3-12(19)4-7-14)17(24)23-13-5-2-11(9-22)15(8-13)16(20)21/h2-8,16,25H,10H2,1H3,(H,23,24).